The molecule has 4 heterocycles. The molecule has 0 saturated carbocycles. The largest absolute Gasteiger partial charge is 0.356 e. The lowest BCUT2D eigenvalue weighted by Gasteiger charge is -2.33. The first-order chi connectivity index (χ1) is 17.5. The van der Waals surface area contributed by atoms with Gasteiger partial charge in [-0.05, 0) is 68.7 Å². The first-order valence-electron chi connectivity index (χ1n) is 12.9. The van der Waals surface area contributed by atoms with Gasteiger partial charge in [0.05, 0.1) is 0 Å². The monoisotopic (exact) mass is 494 g/mol. The Morgan fingerprint density at radius 1 is 1.00 bits per heavy atom. The van der Waals surface area contributed by atoms with E-state index in [4.69, 9.17) is 5.10 Å². The standard InChI is InChI=1S/C26H35FN8O/c1-32-14-16-34(17-15-32)25-7-6-23-29-30-24(35(23)31-25)8-9-26(36)28-18-20-10-12-33(13-11-20)19-21-2-4-22(27)5-3-21/h2-7,20H,8-19H2,1H3,(H,28,36). The van der Waals surface area contributed by atoms with E-state index in [9.17, 15) is 9.18 Å². The van der Waals surface area contributed by atoms with Crippen LogP contribution in [0.3, 0.4) is 0 Å². The van der Waals surface area contributed by atoms with Crippen LogP contribution < -0.4 is 10.2 Å². The highest BCUT2D eigenvalue weighted by atomic mass is 19.1. The molecule has 192 valence electrons. The van der Waals surface area contributed by atoms with Crippen molar-refractivity contribution in [3.05, 3.63) is 53.6 Å². The third kappa shape index (κ3) is 6.17. The van der Waals surface area contributed by atoms with Crippen molar-refractivity contribution < 1.29 is 9.18 Å². The maximum Gasteiger partial charge on any atom is 0.220 e. The molecule has 2 aliphatic heterocycles. The fraction of sp³-hybridized carbons (Fsp3) is 0.538. The van der Waals surface area contributed by atoms with Gasteiger partial charge in [0.25, 0.3) is 0 Å². The molecule has 10 heteroatoms. The van der Waals surface area contributed by atoms with Crippen LogP contribution in [0, 0.1) is 11.7 Å². The number of rotatable bonds is 8. The first-order valence-corrected chi connectivity index (χ1v) is 12.9. The number of piperidine rings is 1. The predicted molar refractivity (Wildman–Crippen MR) is 136 cm³/mol. The van der Waals surface area contributed by atoms with Gasteiger partial charge in [-0.2, -0.15) is 4.52 Å². The predicted octanol–water partition coefficient (Wildman–Crippen LogP) is 1.98. The average molecular weight is 495 g/mol. The van der Waals surface area contributed by atoms with Crippen molar-refractivity contribution in [1.82, 2.24) is 34.9 Å². The number of likely N-dealkylation sites (tertiary alicyclic amines) is 1. The number of halogens is 1. The minimum absolute atomic E-state index is 0.0377. The van der Waals surface area contributed by atoms with Crippen molar-refractivity contribution in [2.45, 2.75) is 32.2 Å². The number of piperazine rings is 1. The number of hydrogen-bond acceptors (Lipinski definition) is 7. The summed E-state index contributed by atoms with van der Waals surface area (Å²) in [6.07, 6.45) is 2.97. The molecule has 0 aliphatic carbocycles. The molecule has 2 fully saturated rings. The van der Waals surface area contributed by atoms with Crippen LogP contribution in [0.15, 0.2) is 36.4 Å². The van der Waals surface area contributed by atoms with Crippen LogP contribution in [0.25, 0.3) is 5.65 Å². The highest BCUT2D eigenvalue weighted by Crippen LogP contribution is 2.19. The second-order valence-electron chi connectivity index (χ2n) is 10.0. The first kappa shape index (κ1) is 24.6. The van der Waals surface area contributed by atoms with Crippen LogP contribution in [0.5, 0.6) is 0 Å². The van der Waals surface area contributed by atoms with Gasteiger partial charge in [-0.15, -0.1) is 15.3 Å². The number of carbonyl (C=O) groups is 1. The number of anilines is 1. The molecule has 5 rings (SSSR count). The Kier molecular flexibility index (Phi) is 7.72. The lowest BCUT2D eigenvalue weighted by Crippen LogP contribution is -2.45. The van der Waals surface area contributed by atoms with Crippen molar-refractivity contribution >= 4 is 17.4 Å². The van der Waals surface area contributed by atoms with Gasteiger partial charge in [0, 0.05) is 52.1 Å². The zero-order chi connectivity index (χ0) is 24.9. The summed E-state index contributed by atoms with van der Waals surface area (Å²) in [5.41, 5.74) is 1.84. The van der Waals surface area contributed by atoms with Crippen LogP contribution in [-0.2, 0) is 17.8 Å². The summed E-state index contributed by atoms with van der Waals surface area (Å²) in [5, 5.41) is 16.4. The maximum absolute atomic E-state index is 13.1. The van der Waals surface area contributed by atoms with Gasteiger partial charge in [0.15, 0.2) is 11.5 Å². The molecule has 2 aromatic heterocycles. The Morgan fingerprint density at radius 2 is 1.75 bits per heavy atom. The highest BCUT2D eigenvalue weighted by molar-refractivity contribution is 5.76. The summed E-state index contributed by atoms with van der Waals surface area (Å²) in [4.78, 5) is 19.5. The van der Waals surface area contributed by atoms with E-state index in [2.05, 4.69) is 37.3 Å². The van der Waals surface area contributed by atoms with Gasteiger partial charge in [-0.1, -0.05) is 12.1 Å². The Morgan fingerprint density at radius 3 is 2.50 bits per heavy atom. The van der Waals surface area contributed by atoms with E-state index in [-0.39, 0.29) is 11.7 Å². The zero-order valence-electron chi connectivity index (χ0n) is 20.9. The molecule has 1 aromatic carbocycles. The second-order valence-corrected chi connectivity index (χ2v) is 10.0. The van der Waals surface area contributed by atoms with Gasteiger partial charge in [0.2, 0.25) is 5.91 Å². The topological polar surface area (TPSA) is 81.9 Å². The molecule has 36 heavy (non-hydrogen) atoms. The van der Waals surface area contributed by atoms with Gasteiger partial charge in [-0.25, -0.2) is 4.39 Å². The second kappa shape index (κ2) is 11.3. The van der Waals surface area contributed by atoms with Gasteiger partial charge in [0.1, 0.15) is 11.6 Å². The fourth-order valence-electron chi connectivity index (χ4n) is 4.95. The van der Waals surface area contributed by atoms with E-state index in [1.807, 2.05) is 24.3 Å². The molecule has 0 radical (unpaired) electrons. The van der Waals surface area contributed by atoms with Crippen molar-refractivity contribution in [3.63, 3.8) is 0 Å². The van der Waals surface area contributed by atoms with Crippen molar-refractivity contribution in [2.75, 3.05) is 57.8 Å². The molecule has 2 aliphatic rings. The normalized spacial score (nSPS) is 18.1. The number of aromatic nitrogens is 4. The van der Waals surface area contributed by atoms with Gasteiger partial charge < -0.3 is 15.1 Å². The molecule has 1 amide bonds. The third-order valence-electron chi connectivity index (χ3n) is 7.33. The molecular weight excluding hydrogens is 459 g/mol. The maximum atomic E-state index is 13.1. The van der Waals surface area contributed by atoms with E-state index in [1.54, 1.807) is 4.52 Å². The van der Waals surface area contributed by atoms with Crippen molar-refractivity contribution in [3.8, 4) is 0 Å². The molecule has 9 nitrogen and oxygen atoms in total. The quantitative estimate of drug-likeness (QED) is 0.513. The molecule has 3 aromatic rings. The number of fused-ring (bicyclic) bond motifs is 1. The number of hydrogen-bond donors (Lipinski definition) is 1. The summed E-state index contributed by atoms with van der Waals surface area (Å²) in [6.45, 7) is 7.45. The number of nitrogens with zero attached hydrogens (tertiary/aromatic N) is 7. The van der Waals surface area contributed by atoms with E-state index < -0.39 is 0 Å². The summed E-state index contributed by atoms with van der Waals surface area (Å²) >= 11 is 0. The van der Waals surface area contributed by atoms with Crippen molar-refractivity contribution in [1.29, 1.82) is 0 Å². The molecule has 0 atom stereocenters. The van der Waals surface area contributed by atoms with E-state index >= 15 is 0 Å². The number of carbonyl (C=O) groups excluding carboxylic acids is 1. The molecule has 0 bridgehead atoms. The van der Waals surface area contributed by atoms with Crippen LogP contribution in [0.2, 0.25) is 0 Å². The van der Waals surface area contributed by atoms with Gasteiger partial charge in [-0.3, -0.25) is 9.69 Å². The molecule has 1 N–H and O–H groups in total. The lowest BCUT2D eigenvalue weighted by atomic mass is 9.96. The van der Waals surface area contributed by atoms with E-state index in [0.29, 0.717) is 36.8 Å². The third-order valence-corrected chi connectivity index (χ3v) is 7.33. The number of likely N-dealkylation sites (N-methyl/N-ethyl adjacent to an activating group) is 1. The van der Waals surface area contributed by atoms with E-state index in [0.717, 1.165) is 70.0 Å². The smallest absolute Gasteiger partial charge is 0.220 e. The minimum atomic E-state index is -0.197. The van der Waals surface area contributed by atoms with Crippen LogP contribution >= 0.6 is 0 Å². The molecule has 2 saturated heterocycles. The summed E-state index contributed by atoms with van der Waals surface area (Å²) in [6, 6.07) is 10.7. The Bertz CT molecular complexity index is 1150. The van der Waals surface area contributed by atoms with Crippen LogP contribution in [0.4, 0.5) is 10.2 Å². The van der Waals surface area contributed by atoms with Crippen molar-refractivity contribution in [2.24, 2.45) is 5.92 Å². The molecule has 0 spiro atoms. The Hall–Kier alpha value is -3.11. The van der Waals surface area contributed by atoms with E-state index in [1.165, 1.54) is 12.1 Å². The number of nitrogens with one attached hydrogen (secondary N) is 1. The summed E-state index contributed by atoms with van der Waals surface area (Å²) in [7, 11) is 2.13. The van der Waals surface area contributed by atoms with Crippen LogP contribution in [-0.4, -0.2) is 88.4 Å². The summed E-state index contributed by atoms with van der Waals surface area (Å²) in [5.74, 6) is 1.96. The lowest BCUT2D eigenvalue weighted by molar-refractivity contribution is -0.121. The molecule has 0 unspecified atom stereocenters. The minimum Gasteiger partial charge on any atom is -0.356 e. The average Bonchev–Trinajstić information content (AvgIpc) is 3.31. The number of aryl methyl sites for hydroxylation is 1. The SMILES string of the molecule is CN1CCN(c2ccc3nnc(CCC(=O)NCC4CCN(Cc5ccc(F)cc5)CC4)n3n2)CC1. The zero-order valence-corrected chi connectivity index (χ0v) is 20.9. The Labute approximate surface area is 211 Å². The number of benzene rings is 1. The van der Waals surface area contributed by atoms with Crippen LogP contribution in [0.1, 0.15) is 30.7 Å². The highest BCUT2D eigenvalue weighted by Gasteiger charge is 2.21. The Balaban J connectivity index is 1.06. The fourth-order valence-corrected chi connectivity index (χ4v) is 4.95. The number of amides is 1. The van der Waals surface area contributed by atoms with Gasteiger partial charge >= 0.3 is 0 Å². The molecular formula is C26H35FN8O. The summed E-state index contributed by atoms with van der Waals surface area (Å²) < 4.78 is 14.9.